The highest BCUT2D eigenvalue weighted by molar-refractivity contribution is 5.79. The Morgan fingerprint density at radius 1 is 1.24 bits per heavy atom. The van der Waals surface area contributed by atoms with Crippen molar-refractivity contribution in [3.05, 3.63) is 61.2 Å². The van der Waals surface area contributed by atoms with Gasteiger partial charge >= 0.3 is 0 Å². The van der Waals surface area contributed by atoms with Crippen LogP contribution in [0.15, 0.2) is 61.2 Å². The minimum atomic E-state index is 0.00944. The van der Waals surface area contributed by atoms with Crippen molar-refractivity contribution in [2.45, 2.75) is 18.9 Å². The summed E-state index contributed by atoms with van der Waals surface area (Å²) in [6.07, 6.45) is 17.4. The van der Waals surface area contributed by atoms with Gasteiger partial charge in [-0.1, -0.05) is 24.3 Å². The van der Waals surface area contributed by atoms with E-state index in [-0.39, 0.29) is 5.54 Å². The maximum Gasteiger partial charge on any atom is 0.156 e. The summed E-state index contributed by atoms with van der Waals surface area (Å²) in [7, 11) is 0. The number of aromatic nitrogens is 4. The molecule has 1 N–H and O–H groups in total. The van der Waals surface area contributed by atoms with Crippen LogP contribution in [0.3, 0.4) is 0 Å². The molecule has 0 saturated carbocycles. The summed E-state index contributed by atoms with van der Waals surface area (Å²) < 4.78 is 2.26. The monoisotopic (exact) mass is 276 g/mol. The molecule has 104 valence electrons. The predicted molar refractivity (Wildman–Crippen MR) is 83.9 cm³/mol. The number of fused-ring (bicyclic) bond motifs is 1. The second-order valence-corrected chi connectivity index (χ2v) is 5.63. The Balaban J connectivity index is 1.74. The van der Waals surface area contributed by atoms with Gasteiger partial charge in [0.05, 0.1) is 11.2 Å². The van der Waals surface area contributed by atoms with Crippen LogP contribution in [-0.2, 0) is 5.54 Å². The average Bonchev–Trinajstić information content (AvgIpc) is 3.15. The molecule has 3 aromatic rings. The minimum Gasteiger partial charge on any atom is -0.344 e. The number of hydrogen-bond donors (Lipinski definition) is 1. The summed E-state index contributed by atoms with van der Waals surface area (Å²) >= 11 is 0. The molecule has 0 bridgehead atoms. The molecule has 21 heavy (non-hydrogen) atoms. The molecule has 1 atom stereocenters. The Morgan fingerprint density at radius 2 is 2.14 bits per heavy atom. The second kappa shape index (κ2) is 4.45. The van der Waals surface area contributed by atoms with Gasteiger partial charge in [-0.15, -0.1) is 0 Å². The Labute approximate surface area is 122 Å². The first-order valence-electron chi connectivity index (χ1n) is 7.08. The zero-order valence-corrected chi connectivity index (χ0v) is 11.8. The van der Waals surface area contributed by atoms with Crippen LogP contribution in [0.1, 0.15) is 13.3 Å². The van der Waals surface area contributed by atoms with Crippen LogP contribution in [0.25, 0.3) is 22.4 Å². The van der Waals surface area contributed by atoms with Crippen LogP contribution < -0.4 is 0 Å². The van der Waals surface area contributed by atoms with E-state index < -0.39 is 0 Å². The number of rotatable bonds is 2. The van der Waals surface area contributed by atoms with Crippen LogP contribution in [0.4, 0.5) is 0 Å². The molecular formula is C17H16N4. The normalized spacial score (nSPS) is 21.2. The van der Waals surface area contributed by atoms with Gasteiger partial charge in [0.15, 0.2) is 5.65 Å². The molecule has 4 nitrogen and oxygen atoms in total. The number of hydrogen-bond acceptors (Lipinski definition) is 2. The van der Waals surface area contributed by atoms with E-state index in [2.05, 4.69) is 69.2 Å². The molecule has 3 heterocycles. The van der Waals surface area contributed by atoms with Crippen LogP contribution in [0.5, 0.6) is 0 Å². The minimum absolute atomic E-state index is 0.00944. The van der Waals surface area contributed by atoms with Gasteiger partial charge < -0.3 is 9.55 Å². The van der Waals surface area contributed by atoms with E-state index in [4.69, 9.17) is 0 Å². The highest BCUT2D eigenvalue weighted by Crippen LogP contribution is 2.30. The maximum absolute atomic E-state index is 4.32. The molecule has 3 aromatic heterocycles. The van der Waals surface area contributed by atoms with Gasteiger partial charge in [-0.2, -0.15) is 0 Å². The molecule has 0 fully saturated rings. The third kappa shape index (κ3) is 2.00. The molecule has 0 amide bonds. The molecular weight excluding hydrogens is 260 g/mol. The van der Waals surface area contributed by atoms with Crippen LogP contribution in [0.2, 0.25) is 0 Å². The van der Waals surface area contributed by atoms with E-state index in [1.165, 1.54) is 0 Å². The fourth-order valence-electron chi connectivity index (χ4n) is 2.79. The van der Waals surface area contributed by atoms with Crippen molar-refractivity contribution in [2.24, 2.45) is 0 Å². The number of nitrogens with one attached hydrogen (secondary N) is 1. The molecule has 4 rings (SSSR count). The van der Waals surface area contributed by atoms with E-state index in [0.29, 0.717) is 0 Å². The highest BCUT2D eigenvalue weighted by atomic mass is 15.0. The molecule has 0 saturated heterocycles. The molecule has 1 unspecified atom stereocenters. The third-order valence-corrected chi connectivity index (χ3v) is 4.09. The van der Waals surface area contributed by atoms with Gasteiger partial charge in [0.1, 0.15) is 5.52 Å². The summed E-state index contributed by atoms with van der Waals surface area (Å²) in [4.78, 5) is 11.9. The van der Waals surface area contributed by atoms with E-state index in [0.717, 1.165) is 28.8 Å². The maximum atomic E-state index is 4.32. The third-order valence-electron chi connectivity index (χ3n) is 4.09. The number of H-pyrrole nitrogens is 1. The highest BCUT2D eigenvalue weighted by Gasteiger charge is 2.22. The quantitative estimate of drug-likeness (QED) is 0.776. The SMILES string of the molecule is CC1(n2ccc(-c3cc4nccnc4[nH]3)c2)C=CC=CC1. The molecule has 0 spiro atoms. The largest absolute Gasteiger partial charge is 0.344 e. The fraction of sp³-hybridized carbons (Fsp3) is 0.176. The van der Waals surface area contributed by atoms with Gasteiger partial charge in [-0.25, -0.2) is 4.98 Å². The first-order chi connectivity index (χ1) is 10.2. The van der Waals surface area contributed by atoms with Crippen molar-refractivity contribution in [3.8, 4) is 11.3 Å². The number of allylic oxidation sites excluding steroid dienone is 4. The topological polar surface area (TPSA) is 46.5 Å². The molecule has 0 aromatic carbocycles. The number of nitrogens with zero attached hydrogens (tertiary/aromatic N) is 3. The van der Waals surface area contributed by atoms with Crippen molar-refractivity contribution in [3.63, 3.8) is 0 Å². The zero-order valence-electron chi connectivity index (χ0n) is 11.8. The van der Waals surface area contributed by atoms with Gasteiger partial charge in [0, 0.05) is 30.4 Å². The fourth-order valence-corrected chi connectivity index (χ4v) is 2.79. The molecule has 0 radical (unpaired) electrons. The van der Waals surface area contributed by atoms with Crippen molar-refractivity contribution in [2.75, 3.05) is 0 Å². The second-order valence-electron chi connectivity index (χ2n) is 5.63. The smallest absolute Gasteiger partial charge is 0.156 e. The van der Waals surface area contributed by atoms with Gasteiger partial charge in [0.2, 0.25) is 0 Å². The zero-order chi connectivity index (χ0) is 14.3. The lowest BCUT2D eigenvalue weighted by molar-refractivity contribution is 0.413. The molecule has 0 aliphatic heterocycles. The Bertz CT molecular complexity index is 819. The Morgan fingerprint density at radius 3 is 2.95 bits per heavy atom. The molecule has 4 heteroatoms. The van der Waals surface area contributed by atoms with Gasteiger partial charge in [0.25, 0.3) is 0 Å². The van der Waals surface area contributed by atoms with Crippen molar-refractivity contribution in [1.82, 2.24) is 19.5 Å². The number of aromatic amines is 1. The lowest BCUT2D eigenvalue weighted by atomic mass is 9.93. The first-order valence-corrected chi connectivity index (χ1v) is 7.08. The summed E-state index contributed by atoms with van der Waals surface area (Å²) in [5, 5.41) is 0. The summed E-state index contributed by atoms with van der Waals surface area (Å²) in [6, 6.07) is 4.17. The summed E-state index contributed by atoms with van der Waals surface area (Å²) in [5.74, 6) is 0. The predicted octanol–water partition coefficient (Wildman–Crippen LogP) is 3.66. The van der Waals surface area contributed by atoms with E-state index in [9.17, 15) is 0 Å². The van der Waals surface area contributed by atoms with Crippen LogP contribution in [-0.4, -0.2) is 19.5 Å². The standard InChI is InChI=1S/C17H16N4/c1-17(6-3-2-4-7-17)21-10-5-13(12-21)14-11-15-16(20-14)19-9-8-18-15/h2-6,8-12H,7H2,1H3,(H,19,20). The lowest BCUT2D eigenvalue weighted by Gasteiger charge is -2.28. The Hall–Kier alpha value is -2.62. The van der Waals surface area contributed by atoms with Crippen LogP contribution >= 0.6 is 0 Å². The first kappa shape index (κ1) is 12.1. The lowest BCUT2D eigenvalue weighted by Crippen LogP contribution is -2.26. The van der Waals surface area contributed by atoms with Gasteiger partial charge in [-0.3, -0.25) is 4.98 Å². The van der Waals surface area contributed by atoms with Crippen molar-refractivity contribution < 1.29 is 0 Å². The van der Waals surface area contributed by atoms with E-state index in [1.807, 2.05) is 6.07 Å². The summed E-state index contributed by atoms with van der Waals surface area (Å²) in [6.45, 7) is 2.24. The van der Waals surface area contributed by atoms with E-state index >= 15 is 0 Å². The summed E-state index contributed by atoms with van der Waals surface area (Å²) in [5.41, 5.74) is 3.93. The molecule has 1 aliphatic rings. The van der Waals surface area contributed by atoms with Gasteiger partial charge in [-0.05, 0) is 25.5 Å². The average molecular weight is 276 g/mol. The van der Waals surface area contributed by atoms with Crippen molar-refractivity contribution >= 4 is 11.2 Å². The van der Waals surface area contributed by atoms with E-state index in [1.54, 1.807) is 12.4 Å². The van der Waals surface area contributed by atoms with Crippen LogP contribution in [0, 0.1) is 0 Å². The van der Waals surface area contributed by atoms with Crippen molar-refractivity contribution in [1.29, 1.82) is 0 Å². The molecule has 1 aliphatic carbocycles. The Kier molecular flexibility index (Phi) is 2.57.